The molecule has 2 N–H and O–H groups in total. The number of imidazole rings is 1. The molecule has 0 fully saturated rings. The standard InChI is InChI=1S/C16H17ClN4/c1-11-4-2-5-12(8-11)15-20-14-9-13(17)10-19-16(14)21(15)7-3-6-18/h2,4-5,8-10H,3,6-7,18H2,1H3. The van der Waals surface area contributed by atoms with Crippen molar-refractivity contribution >= 4 is 22.8 Å². The second-order valence-electron chi connectivity index (χ2n) is 5.10. The molecule has 0 unspecified atom stereocenters. The number of hydrogen-bond donors (Lipinski definition) is 1. The van der Waals surface area contributed by atoms with E-state index in [-0.39, 0.29) is 0 Å². The van der Waals surface area contributed by atoms with Crippen molar-refractivity contribution < 1.29 is 0 Å². The van der Waals surface area contributed by atoms with E-state index in [9.17, 15) is 0 Å². The zero-order valence-corrected chi connectivity index (χ0v) is 12.6. The van der Waals surface area contributed by atoms with E-state index in [2.05, 4.69) is 34.7 Å². The van der Waals surface area contributed by atoms with Gasteiger partial charge < -0.3 is 10.3 Å². The summed E-state index contributed by atoms with van der Waals surface area (Å²) in [6.45, 7) is 3.51. The van der Waals surface area contributed by atoms with E-state index in [1.54, 1.807) is 6.20 Å². The highest BCUT2D eigenvalue weighted by Gasteiger charge is 2.13. The van der Waals surface area contributed by atoms with Crippen LogP contribution in [0.15, 0.2) is 36.5 Å². The highest BCUT2D eigenvalue weighted by atomic mass is 35.5. The van der Waals surface area contributed by atoms with E-state index in [0.29, 0.717) is 11.6 Å². The minimum Gasteiger partial charge on any atom is -0.330 e. The Morgan fingerprint density at radius 3 is 2.90 bits per heavy atom. The fourth-order valence-corrected chi connectivity index (χ4v) is 2.60. The van der Waals surface area contributed by atoms with Gasteiger partial charge in [0.2, 0.25) is 0 Å². The van der Waals surface area contributed by atoms with Gasteiger partial charge in [-0.15, -0.1) is 0 Å². The monoisotopic (exact) mass is 300 g/mol. The summed E-state index contributed by atoms with van der Waals surface area (Å²) in [5.74, 6) is 0.914. The Hall–Kier alpha value is -1.91. The van der Waals surface area contributed by atoms with Crippen LogP contribution in [0.1, 0.15) is 12.0 Å². The van der Waals surface area contributed by atoms with Gasteiger partial charge in [-0.1, -0.05) is 35.4 Å². The van der Waals surface area contributed by atoms with Crippen LogP contribution in [0.3, 0.4) is 0 Å². The molecule has 0 saturated carbocycles. The van der Waals surface area contributed by atoms with Gasteiger partial charge in [0.25, 0.3) is 0 Å². The molecule has 1 aromatic carbocycles. The molecule has 5 heteroatoms. The molecule has 0 aliphatic carbocycles. The van der Waals surface area contributed by atoms with E-state index in [1.807, 2.05) is 12.1 Å². The van der Waals surface area contributed by atoms with Crippen LogP contribution in [-0.4, -0.2) is 21.1 Å². The van der Waals surface area contributed by atoms with Gasteiger partial charge in [0, 0.05) is 18.3 Å². The molecule has 0 radical (unpaired) electrons. The molecule has 0 aliphatic rings. The topological polar surface area (TPSA) is 56.7 Å². The van der Waals surface area contributed by atoms with Crippen molar-refractivity contribution in [3.8, 4) is 11.4 Å². The van der Waals surface area contributed by atoms with Crippen LogP contribution in [0.2, 0.25) is 5.02 Å². The zero-order chi connectivity index (χ0) is 14.8. The maximum atomic E-state index is 6.02. The fraction of sp³-hybridized carbons (Fsp3) is 0.250. The Labute approximate surface area is 128 Å². The summed E-state index contributed by atoms with van der Waals surface area (Å²) in [7, 11) is 0. The number of fused-ring (bicyclic) bond motifs is 1. The molecule has 108 valence electrons. The van der Waals surface area contributed by atoms with Crippen molar-refractivity contribution in [3.63, 3.8) is 0 Å². The maximum absolute atomic E-state index is 6.02. The minimum absolute atomic E-state index is 0.599. The van der Waals surface area contributed by atoms with Gasteiger partial charge in [0.1, 0.15) is 11.3 Å². The van der Waals surface area contributed by atoms with Crippen molar-refractivity contribution in [2.24, 2.45) is 5.73 Å². The molecule has 3 rings (SSSR count). The highest BCUT2D eigenvalue weighted by Crippen LogP contribution is 2.26. The Bertz CT molecular complexity index is 779. The van der Waals surface area contributed by atoms with Crippen molar-refractivity contribution in [1.82, 2.24) is 14.5 Å². The number of nitrogens with zero attached hydrogens (tertiary/aromatic N) is 3. The van der Waals surface area contributed by atoms with Crippen molar-refractivity contribution in [2.75, 3.05) is 6.54 Å². The number of pyridine rings is 1. The first-order valence-electron chi connectivity index (χ1n) is 6.98. The molecule has 2 aromatic heterocycles. The second-order valence-corrected chi connectivity index (χ2v) is 5.53. The number of aryl methyl sites for hydroxylation is 2. The van der Waals surface area contributed by atoms with Gasteiger partial charge in [0.05, 0.1) is 5.02 Å². The van der Waals surface area contributed by atoms with Gasteiger partial charge in [-0.2, -0.15) is 0 Å². The van der Waals surface area contributed by atoms with E-state index >= 15 is 0 Å². The molecule has 0 bridgehead atoms. The molecule has 4 nitrogen and oxygen atoms in total. The molecule has 2 heterocycles. The number of nitrogens with two attached hydrogens (primary N) is 1. The van der Waals surface area contributed by atoms with E-state index in [0.717, 1.165) is 35.5 Å². The van der Waals surface area contributed by atoms with Crippen molar-refractivity contribution in [2.45, 2.75) is 19.9 Å². The van der Waals surface area contributed by atoms with Gasteiger partial charge in [0.15, 0.2) is 5.65 Å². The van der Waals surface area contributed by atoms with Crippen LogP contribution in [0, 0.1) is 6.92 Å². The molecule has 0 amide bonds. The first-order chi connectivity index (χ1) is 10.2. The Balaban J connectivity index is 2.20. The van der Waals surface area contributed by atoms with Crippen LogP contribution < -0.4 is 5.73 Å². The average Bonchev–Trinajstić information content (AvgIpc) is 2.82. The summed E-state index contributed by atoms with van der Waals surface area (Å²) in [4.78, 5) is 9.14. The SMILES string of the molecule is Cc1cccc(-c2nc3cc(Cl)cnc3n2CCCN)c1. The first kappa shape index (κ1) is 14.0. The summed E-state index contributed by atoms with van der Waals surface area (Å²) >= 11 is 6.02. The van der Waals surface area contributed by atoms with Gasteiger partial charge >= 0.3 is 0 Å². The van der Waals surface area contributed by atoms with Gasteiger partial charge in [-0.05, 0) is 32.0 Å². The van der Waals surface area contributed by atoms with Crippen LogP contribution in [0.5, 0.6) is 0 Å². The lowest BCUT2D eigenvalue weighted by atomic mass is 10.1. The van der Waals surface area contributed by atoms with Crippen LogP contribution >= 0.6 is 11.6 Å². The van der Waals surface area contributed by atoms with E-state index in [4.69, 9.17) is 22.3 Å². The predicted octanol–water partition coefficient (Wildman–Crippen LogP) is 3.41. The predicted molar refractivity (Wildman–Crippen MR) is 86.4 cm³/mol. The third-order valence-electron chi connectivity index (χ3n) is 3.41. The molecular weight excluding hydrogens is 284 g/mol. The number of halogens is 1. The molecule has 3 aromatic rings. The summed E-state index contributed by atoms with van der Waals surface area (Å²) in [5.41, 5.74) is 9.61. The molecule has 0 spiro atoms. The lowest BCUT2D eigenvalue weighted by molar-refractivity contribution is 0.667. The fourth-order valence-electron chi connectivity index (χ4n) is 2.45. The largest absolute Gasteiger partial charge is 0.330 e. The summed E-state index contributed by atoms with van der Waals surface area (Å²) in [6, 6.07) is 10.2. The lowest BCUT2D eigenvalue weighted by Crippen LogP contribution is -2.07. The normalized spacial score (nSPS) is 11.2. The Kier molecular flexibility index (Phi) is 3.90. The molecule has 0 atom stereocenters. The molecule has 0 aliphatic heterocycles. The van der Waals surface area contributed by atoms with E-state index in [1.165, 1.54) is 5.56 Å². The quantitative estimate of drug-likeness (QED) is 0.803. The third kappa shape index (κ3) is 2.77. The van der Waals surface area contributed by atoms with Gasteiger partial charge in [-0.25, -0.2) is 9.97 Å². The second kappa shape index (κ2) is 5.84. The van der Waals surface area contributed by atoms with Crippen LogP contribution in [0.4, 0.5) is 0 Å². The lowest BCUT2D eigenvalue weighted by Gasteiger charge is -2.08. The summed E-state index contributed by atoms with van der Waals surface area (Å²) in [5, 5.41) is 0.599. The van der Waals surface area contributed by atoms with Crippen molar-refractivity contribution in [1.29, 1.82) is 0 Å². The number of hydrogen-bond acceptors (Lipinski definition) is 3. The smallest absolute Gasteiger partial charge is 0.160 e. The molecule has 0 saturated heterocycles. The average molecular weight is 301 g/mol. The number of benzene rings is 1. The van der Waals surface area contributed by atoms with E-state index < -0.39 is 0 Å². The number of aromatic nitrogens is 3. The third-order valence-corrected chi connectivity index (χ3v) is 3.62. The highest BCUT2D eigenvalue weighted by molar-refractivity contribution is 6.31. The molecule has 21 heavy (non-hydrogen) atoms. The Morgan fingerprint density at radius 1 is 1.29 bits per heavy atom. The zero-order valence-electron chi connectivity index (χ0n) is 11.9. The van der Waals surface area contributed by atoms with Gasteiger partial charge in [-0.3, -0.25) is 0 Å². The first-order valence-corrected chi connectivity index (χ1v) is 7.36. The van der Waals surface area contributed by atoms with Crippen LogP contribution in [-0.2, 0) is 6.54 Å². The minimum atomic E-state index is 0.599. The maximum Gasteiger partial charge on any atom is 0.160 e. The molecular formula is C16H17ClN4. The van der Waals surface area contributed by atoms with Crippen LogP contribution in [0.25, 0.3) is 22.6 Å². The van der Waals surface area contributed by atoms with Crippen molar-refractivity contribution in [3.05, 3.63) is 47.1 Å². The summed E-state index contributed by atoms with van der Waals surface area (Å²) < 4.78 is 2.12. The Morgan fingerprint density at radius 2 is 2.14 bits per heavy atom. The number of rotatable bonds is 4. The summed E-state index contributed by atoms with van der Waals surface area (Å²) in [6.07, 6.45) is 2.54.